The minimum atomic E-state index is 0.505. The molecule has 1 heterocycles. The van der Waals surface area contributed by atoms with Gasteiger partial charge in [0.05, 0.1) is 0 Å². The fourth-order valence-electron chi connectivity index (χ4n) is 2.69. The molecule has 1 saturated heterocycles. The van der Waals surface area contributed by atoms with Gasteiger partial charge in [-0.05, 0) is 50.2 Å². The zero-order chi connectivity index (χ0) is 12.7. The lowest BCUT2D eigenvalue weighted by Crippen LogP contribution is -2.41. The topological polar surface area (TPSA) is 15.3 Å². The highest BCUT2D eigenvalue weighted by molar-refractivity contribution is 4.80. The third-order valence-corrected chi connectivity index (χ3v) is 4.12. The molecule has 1 fully saturated rings. The monoisotopic (exact) mass is 240 g/mol. The van der Waals surface area contributed by atoms with Crippen LogP contribution in [0.3, 0.4) is 0 Å². The second-order valence-corrected chi connectivity index (χ2v) is 6.59. The second-order valence-electron chi connectivity index (χ2n) is 6.59. The van der Waals surface area contributed by atoms with Crippen molar-refractivity contribution in [2.75, 3.05) is 32.7 Å². The van der Waals surface area contributed by atoms with E-state index >= 15 is 0 Å². The SMILES string of the molecule is CCCCNCCN1CCC(C(C)(C)C)CC1. The first-order valence-electron chi connectivity index (χ1n) is 7.47. The highest BCUT2D eigenvalue weighted by atomic mass is 15.1. The Hall–Kier alpha value is -0.0800. The molecule has 0 saturated carbocycles. The third-order valence-electron chi connectivity index (χ3n) is 4.12. The molecule has 1 aliphatic rings. The average molecular weight is 240 g/mol. The van der Waals surface area contributed by atoms with E-state index in [1.807, 2.05) is 0 Å². The van der Waals surface area contributed by atoms with E-state index < -0.39 is 0 Å². The van der Waals surface area contributed by atoms with Crippen LogP contribution < -0.4 is 5.32 Å². The number of nitrogens with zero attached hydrogens (tertiary/aromatic N) is 1. The van der Waals surface area contributed by atoms with Gasteiger partial charge in [0, 0.05) is 13.1 Å². The number of hydrogen-bond donors (Lipinski definition) is 1. The second kappa shape index (κ2) is 7.38. The molecule has 0 aromatic rings. The maximum atomic E-state index is 3.53. The van der Waals surface area contributed by atoms with E-state index in [2.05, 4.69) is 37.9 Å². The van der Waals surface area contributed by atoms with Gasteiger partial charge in [-0.1, -0.05) is 34.1 Å². The summed E-state index contributed by atoms with van der Waals surface area (Å²) < 4.78 is 0. The van der Waals surface area contributed by atoms with Gasteiger partial charge in [-0.25, -0.2) is 0 Å². The first-order valence-corrected chi connectivity index (χ1v) is 7.47. The minimum Gasteiger partial charge on any atom is -0.315 e. The molecule has 0 aromatic heterocycles. The minimum absolute atomic E-state index is 0.505. The molecule has 0 bridgehead atoms. The van der Waals surface area contributed by atoms with E-state index in [1.165, 1.54) is 58.4 Å². The highest BCUT2D eigenvalue weighted by Gasteiger charge is 2.28. The van der Waals surface area contributed by atoms with E-state index in [1.54, 1.807) is 0 Å². The molecule has 1 rings (SSSR count). The van der Waals surface area contributed by atoms with Crippen molar-refractivity contribution in [1.82, 2.24) is 10.2 Å². The Morgan fingerprint density at radius 1 is 1.12 bits per heavy atom. The van der Waals surface area contributed by atoms with Crippen LogP contribution in [0.1, 0.15) is 53.4 Å². The summed E-state index contributed by atoms with van der Waals surface area (Å²) in [5, 5.41) is 3.53. The molecule has 0 aromatic carbocycles. The maximum absolute atomic E-state index is 3.53. The summed E-state index contributed by atoms with van der Waals surface area (Å²) in [6, 6.07) is 0. The summed E-state index contributed by atoms with van der Waals surface area (Å²) >= 11 is 0. The molecule has 0 atom stereocenters. The zero-order valence-corrected chi connectivity index (χ0v) is 12.4. The van der Waals surface area contributed by atoms with Crippen LogP contribution in [-0.4, -0.2) is 37.6 Å². The summed E-state index contributed by atoms with van der Waals surface area (Å²) in [7, 11) is 0. The predicted octanol–water partition coefficient (Wildman–Crippen LogP) is 3.13. The third kappa shape index (κ3) is 5.87. The van der Waals surface area contributed by atoms with Crippen LogP contribution in [-0.2, 0) is 0 Å². The van der Waals surface area contributed by atoms with E-state index in [0.29, 0.717) is 5.41 Å². The van der Waals surface area contributed by atoms with E-state index in [0.717, 1.165) is 5.92 Å². The van der Waals surface area contributed by atoms with Gasteiger partial charge in [0.15, 0.2) is 0 Å². The number of hydrogen-bond acceptors (Lipinski definition) is 2. The fraction of sp³-hybridized carbons (Fsp3) is 1.00. The van der Waals surface area contributed by atoms with Gasteiger partial charge in [0.1, 0.15) is 0 Å². The lowest BCUT2D eigenvalue weighted by atomic mass is 9.75. The number of rotatable bonds is 6. The molecule has 1 N–H and O–H groups in total. The van der Waals surface area contributed by atoms with Crippen molar-refractivity contribution in [2.24, 2.45) is 11.3 Å². The van der Waals surface area contributed by atoms with Crippen molar-refractivity contribution in [3.8, 4) is 0 Å². The van der Waals surface area contributed by atoms with Crippen LogP contribution in [0.2, 0.25) is 0 Å². The number of nitrogens with one attached hydrogen (secondary N) is 1. The molecule has 102 valence electrons. The van der Waals surface area contributed by atoms with Gasteiger partial charge in [0.2, 0.25) is 0 Å². The molecule has 0 radical (unpaired) electrons. The molecule has 0 spiro atoms. The van der Waals surface area contributed by atoms with Gasteiger partial charge in [-0.2, -0.15) is 0 Å². The summed E-state index contributed by atoms with van der Waals surface area (Å²) in [5.74, 6) is 0.923. The Morgan fingerprint density at radius 2 is 1.76 bits per heavy atom. The molecule has 1 aliphatic heterocycles. The fourth-order valence-corrected chi connectivity index (χ4v) is 2.69. The van der Waals surface area contributed by atoms with E-state index in [-0.39, 0.29) is 0 Å². The first-order chi connectivity index (χ1) is 8.04. The quantitative estimate of drug-likeness (QED) is 0.718. The summed E-state index contributed by atoms with van der Waals surface area (Å²) in [5.41, 5.74) is 0.505. The van der Waals surface area contributed by atoms with Gasteiger partial charge in [0.25, 0.3) is 0 Å². The van der Waals surface area contributed by atoms with Crippen LogP contribution >= 0.6 is 0 Å². The van der Waals surface area contributed by atoms with E-state index in [9.17, 15) is 0 Å². The van der Waals surface area contributed by atoms with Gasteiger partial charge in [-0.15, -0.1) is 0 Å². The van der Waals surface area contributed by atoms with Crippen LogP contribution in [0, 0.1) is 11.3 Å². The highest BCUT2D eigenvalue weighted by Crippen LogP contribution is 2.33. The summed E-state index contributed by atoms with van der Waals surface area (Å²) in [6.45, 7) is 15.6. The Labute approximate surface area is 108 Å². The normalized spacial score (nSPS) is 19.8. The van der Waals surface area contributed by atoms with Gasteiger partial charge >= 0.3 is 0 Å². The predicted molar refractivity (Wildman–Crippen MR) is 76.4 cm³/mol. The lowest BCUT2D eigenvalue weighted by molar-refractivity contribution is 0.113. The number of unbranched alkanes of at least 4 members (excludes halogenated alkanes) is 1. The molecule has 0 unspecified atom stereocenters. The molecular formula is C15H32N2. The largest absolute Gasteiger partial charge is 0.315 e. The van der Waals surface area contributed by atoms with Crippen molar-refractivity contribution in [3.05, 3.63) is 0 Å². The zero-order valence-electron chi connectivity index (χ0n) is 12.4. The first kappa shape index (κ1) is 15.0. The van der Waals surface area contributed by atoms with Crippen molar-refractivity contribution in [3.63, 3.8) is 0 Å². The Morgan fingerprint density at radius 3 is 2.29 bits per heavy atom. The van der Waals surface area contributed by atoms with Crippen molar-refractivity contribution in [1.29, 1.82) is 0 Å². The number of piperidine rings is 1. The van der Waals surface area contributed by atoms with Crippen LogP contribution in [0.25, 0.3) is 0 Å². The summed E-state index contributed by atoms with van der Waals surface area (Å²) in [4.78, 5) is 2.63. The smallest absolute Gasteiger partial charge is 0.0107 e. The van der Waals surface area contributed by atoms with Crippen LogP contribution in [0.15, 0.2) is 0 Å². The molecular weight excluding hydrogens is 208 g/mol. The Balaban J connectivity index is 2.07. The lowest BCUT2D eigenvalue weighted by Gasteiger charge is -2.38. The van der Waals surface area contributed by atoms with Crippen molar-refractivity contribution in [2.45, 2.75) is 53.4 Å². The molecule has 2 heteroatoms. The molecule has 0 aliphatic carbocycles. The van der Waals surface area contributed by atoms with Gasteiger partial charge < -0.3 is 10.2 Å². The van der Waals surface area contributed by atoms with Crippen LogP contribution in [0.4, 0.5) is 0 Å². The van der Waals surface area contributed by atoms with E-state index in [4.69, 9.17) is 0 Å². The number of likely N-dealkylation sites (tertiary alicyclic amines) is 1. The van der Waals surface area contributed by atoms with Crippen molar-refractivity contribution >= 4 is 0 Å². The molecule has 0 amide bonds. The Bertz CT molecular complexity index is 188. The average Bonchev–Trinajstić information content (AvgIpc) is 2.28. The maximum Gasteiger partial charge on any atom is 0.0107 e. The summed E-state index contributed by atoms with van der Waals surface area (Å²) in [6.07, 6.45) is 5.38. The molecule has 17 heavy (non-hydrogen) atoms. The molecule has 2 nitrogen and oxygen atoms in total. The van der Waals surface area contributed by atoms with Crippen molar-refractivity contribution < 1.29 is 0 Å². The Kier molecular flexibility index (Phi) is 6.50. The van der Waals surface area contributed by atoms with Gasteiger partial charge in [-0.3, -0.25) is 0 Å². The standard InChI is InChI=1S/C15H32N2/c1-5-6-9-16-10-13-17-11-7-14(8-12-17)15(2,3)4/h14,16H,5-13H2,1-4H3. The van der Waals surface area contributed by atoms with Crippen LogP contribution in [0.5, 0.6) is 0 Å².